The lowest BCUT2D eigenvalue weighted by atomic mass is 10.1. The predicted octanol–water partition coefficient (Wildman–Crippen LogP) is 3.60. The summed E-state index contributed by atoms with van der Waals surface area (Å²) in [6.07, 6.45) is 0.149. The first-order valence-electron chi connectivity index (χ1n) is 8.00. The number of benzene rings is 1. The number of carbonyl (C=O) groups is 2. The fourth-order valence-electron chi connectivity index (χ4n) is 2.60. The number of aromatic nitrogens is 1. The largest absolute Gasteiger partial charge is 0.481 e. The summed E-state index contributed by atoms with van der Waals surface area (Å²) in [7, 11) is 0. The Bertz CT molecular complexity index is 941. The molecule has 0 aliphatic heterocycles. The van der Waals surface area contributed by atoms with Crippen LogP contribution in [-0.4, -0.2) is 21.7 Å². The number of hydrogen-bond donors (Lipinski definition) is 2. The van der Waals surface area contributed by atoms with E-state index in [1.807, 2.05) is 0 Å². The van der Waals surface area contributed by atoms with E-state index in [2.05, 4.69) is 5.43 Å². The number of carboxylic acid groups (broad SMARTS) is 1. The van der Waals surface area contributed by atoms with Crippen LogP contribution in [0.2, 0.25) is 0 Å². The number of carbonyl (C=O) groups excluding carboxylic acids is 1. The van der Waals surface area contributed by atoms with Gasteiger partial charge in [0.25, 0.3) is 0 Å². The van der Waals surface area contributed by atoms with E-state index in [0.29, 0.717) is 22.7 Å². The summed E-state index contributed by atoms with van der Waals surface area (Å²) in [6.45, 7) is 1.73. The van der Waals surface area contributed by atoms with Crippen molar-refractivity contribution >= 4 is 11.9 Å². The van der Waals surface area contributed by atoms with Gasteiger partial charge in [-0.05, 0) is 55.5 Å². The van der Waals surface area contributed by atoms with Gasteiger partial charge in [0.1, 0.15) is 11.6 Å². The number of nitrogens with zero attached hydrogens (tertiary/aromatic N) is 1. The predicted molar refractivity (Wildman–Crippen MR) is 92.9 cm³/mol. The van der Waals surface area contributed by atoms with E-state index in [4.69, 9.17) is 9.52 Å². The molecule has 3 aromatic rings. The number of rotatable bonds is 6. The van der Waals surface area contributed by atoms with E-state index < -0.39 is 11.9 Å². The number of amides is 1. The highest BCUT2D eigenvalue weighted by Gasteiger charge is 2.16. The van der Waals surface area contributed by atoms with Gasteiger partial charge in [0, 0.05) is 17.7 Å². The molecule has 7 heteroatoms. The first kappa shape index (κ1) is 17.5. The van der Waals surface area contributed by atoms with Crippen molar-refractivity contribution < 1.29 is 23.5 Å². The first-order chi connectivity index (χ1) is 12.4. The number of furan rings is 1. The molecule has 0 atom stereocenters. The van der Waals surface area contributed by atoms with E-state index in [-0.39, 0.29) is 24.4 Å². The molecule has 0 aliphatic rings. The lowest BCUT2D eigenvalue weighted by molar-refractivity contribution is -0.136. The second kappa shape index (κ2) is 7.26. The summed E-state index contributed by atoms with van der Waals surface area (Å²) in [5.41, 5.74) is 4.63. The summed E-state index contributed by atoms with van der Waals surface area (Å²) < 4.78 is 20.0. The zero-order valence-electron chi connectivity index (χ0n) is 14.0. The van der Waals surface area contributed by atoms with Crippen LogP contribution in [0.1, 0.15) is 28.4 Å². The molecular weight excluding hydrogens is 339 g/mol. The Morgan fingerprint density at radius 2 is 1.85 bits per heavy atom. The van der Waals surface area contributed by atoms with Crippen molar-refractivity contribution in [3.63, 3.8) is 0 Å². The maximum absolute atomic E-state index is 13.2. The Morgan fingerprint density at radius 1 is 1.12 bits per heavy atom. The minimum absolute atomic E-state index is 0.0808. The van der Waals surface area contributed by atoms with Crippen LogP contribution >= 0.6 is 0 Å². The smallest absolute Gasteiger partial charge is 0.305 e. The van der Waals surface area contributed by atoms with Gasteiger partial charge in [-0.3, -0.25) is 19.7 Å². The van der Waals surface area contributed by atoms with Crippen LogP contribution in [0.5, 0.6) is 0 Å². The van der Waals surface area contributed by atoms with Gasteiger partial charge in [0.15, 0.2) is 5.76 Å². The molecule has 0 spiro atoms. The van der Waals surface area contributed by atoms with Gasteiger partial charge in [0.05, 0.1) is 12.1 Å². The van der Waals surface area contributed by atoms with Crippen molar-refractivity contribution in [2.45, 2.75) is 19.8 Å². The minimum Gasteiger partial charge on any atom is -0.481 e. The van der Waals surface area contributed by atoms with E-state index in [0.717, 1.165) is 0 Å². The second-order valence-electron chi connectivity index (χ2n) is 5.80. The molecule has 0 radical (unpaired) electrons. The van der Waals surface area contributed by atoms with Crippen LogP contribution in [0, 0.1) is 12.7 Å². The molecule has 2 N–H and O–H groups in total. The van der Waals surface area contributed by atoms with E-state index in [9.17, 15) is 14.0 Å². The first-order valence-corrected chi connectivity index (χ1v) is 8.00. The molecule has 0 bridgehead atoms. The molecule has 2 aromatic heterocycles. The molecule has 0 saturated carbocycles. The maximum Gasteiger partial charge on any atom is 0.305 e. The van der Waals surface area contributed by atoms with Crippen LogP contribution in [-0.2, 0) is 11.2 Å². The number of nitrogens with one attached hydrogen (secondary N) is 1. The van der Waals surface area contributed by atoms with Gasteiger partial charge in [-0.25, -0.2) is 4.39 Å². The molecule has 1 aromatic carbocycles. The van der Waals surface area contributed by atoms with Gasteiger partial charge in [0.2, 0.25) is 0 Å². The third-order valence-electron chi connectivity index (χ3n) is 3.87. The molecule has 6 nitrogen and oxygen atoms in total. The Balaban J connectivity index is 1.95. The SMILES string of the molecule is Cc1ccc(C(=O)Nn2c(CCC(=O)O)ccc2-c2ccc(F)cc2)o1. The summed E-state index contributed by atoms with van der Waals surface area (Å²) in [4.78, 5) is 23.3. The summed E-state index contributed by atoms with van der Waals surface area (Å²) in [6, 6.07) is 12.5. The van der Waals surface area contributed by atoms with Crippen molar-refractivity contribution in [1.29, 1.82) is 0 Å². The van der Waals surface area contributed by atoms with Crippen molar-refractivity contribution in [3.05, 3.63) is 71.6 Å². The average Bonchev–Trinajstić information content (AvgIpc) is 3.20. The molecular formula is C19H17FN2O4. The summed E-state index contributed by atoms with van der Waals surface area (Å²) in [5.74, 6) is -1.02. The van der Waals surface area contributed by atoms with Crippen molar-refractivity contribution in [2.24, 2.45) is 0 Å². The number of aliphatic carboxylic acids is 1. The quantitative estimate of drug-likeness (QED) is 0.707. The van der Waals surface area contributed by atoms with Gasteiger partial charge >= 0.3 is 11.9 Å². The number of halogens is 1. The van der Waals surface area contributed by atoms with Crippen molar-refractivity contribution in [2.75, 3.05) is 5.43 Å². The molecule has 0 aliphatic carbocycles. The van der Waals surface area contributed by atoms with E-state index in [1.165, 1.54) is 16.8 Å². The minimum atomic E-state index is -0.936. The zero-order valence-corrected chi connectivity index (χ0v) is 14.0. The Kier molecular flexibility index (Phi) is 4.88. The average molecular weight is 356 g/mol. The van der Waals surface area contributed by atoms with Crippen molar-refractivity contribution in [3.8, 4) is 11.3 Å². The molecule has 3 rings (SSSR count). The molecule has 0 saturated heterocycles. The lowest BCUT2D eigenvalue weighted by Gasteiger charge is -2.14. The van der Waals surface area contributed by atoms with Crippen LogP contribution in [0.3, 0.4) is 0 Å². The highest BCUT2D eigenvalue weighted by atomic mass is 19.1. The standard InChI is InChI=1S/C19H17FN2O4/c1-12-2-10-17(26-12)19(25)21-22-15(8-11-18(23)24)7-9-16(22)13-3-5-14(20)6-4-13/h2-7,9-10H,8,11H2,1H3,(H,21,25)(H,23,24). The monoisotopic (exact) mass is 356 g/mol. The number of hydrogen-bond acceptors (Lipinski definition) is 3. The van der Waals surface area contributed by atoms with Gasteiger partial charge in [-0.15, -0.1) is 0 Å². The van der Waals surface area contributed by atoms with Gasteiger partial charge in [-0.1, -0.05) is 0 Å². The normalized spacial score (nSPS) is 10.7. The third-order valence-corrected chi connectivity index (χ3v) is 3.87. The van der Waals surface area contributed by atoms with Gasteiger partial charge in [-0.2, -0.15) is 0 Å². The summed E-state index contributed by atoms with van der Waals surface area (Å²) in [5, 5.41) is 8.93. The molecule has 0 unspecified atom stereocenters. The fourth-order valence-corrected chi connectivity index (χ4v) is 2.60. The van der Waals surface area contributed by atoms with E-state index in [1.54, 1.807) is 43.3 Å². The van der Waals surface area contributed by atoms with Crippen LogP contribution in [0.25, 0.3) is 11.3 Å². The molecule has 0 fully saturated rings. The zero-order chi connectivity index (χ0) is 18.7. The third kappa shape index (κ3) is 3.83. The Hall–Kier alpha value is -3.35. The highest BCUT2D eigenvalue weighted by Crippen LogP contribution is 2.23. The van der Waals surface area contributed by atoms with Gasteiger partial charge < -0.3 is 9.52 Å². The van der Waals surface area contributed by atoms with Crippen LogP contribution in [0.15, 0.2) is 52.9 Å². The Labute approximate surface area is 148 Å². The summed E-state index contributed by atoms with van der Waals surface area (Å²) >= 11 is 0. The second-order valence-corrected chi connectivity index (χ2v) is 5.80. The highest BCUT2D eigenvalue weighted by molar-refractivity contribution is 5.98. The van der Waals surface area contributed by atoms with Crippen LogP contribution in [0.4, 0.5) is 4.39 Å². The Morgan fingerprint density at radius 3 is 2.46 bits per heavy atom. The number of aryl methyl sites for hydroxylation is 2. The van der Waals surface area contributed by atoms with Crippen molar-refractivity contribution in [1.82, 2.24) is 4.68 Å². The van der Waals surface area contributed by atoms with Crippen LogP contribution < -0.4 is 5.43 Å². The lowest BCUT2D eigenvalue weighted by Crippen LogP contribution is -2.25. The number of carboxylic acids is 1. The molecule has 1 amide bonds. The molecule has 2 heterocycles. The van der Waals surface area contributed by atoms with E-state index >= 15 is 0 Å². The molecule has 134 valence electrons. The molecule has 26 heavy (non-hydrogen) atoms. The maximum atomic E-state index is 13.2. The fraction of sp³-hybridized carbons (Fsp3) is 0.158. The topological polar surface area (TPSA) is 84.5 Å².